The van der Waals surface area contributed by atoms with Gasteiger partial charge in [-0.25, -0.2) is 0 Å². The fraction of sp³-hybridized carbons (Fsp3) is 0.970. The highest BCUT2D eigenvalue weighted by Crippen LogP contribution is 2.68. The number of aliphatic hydroxyl groups excluding tert-OH is 1. The first-order chi connectivity index (χ1) is 19.8. The van der Waals surface area contributed by atoms with E-state index in [0.29, 0.717) is 48.1 Å². The third kappa shape index (κ3) is 7.49. The predicted octanol–water partition coefficient (Wildman–Crippen LogP) is 2.89. The van der Waals surface area contributed by atoms with Crippen LogP contribution in [0.15, 0.2) is 0 Å². The molecule has 4 aliphatic carbocycles. The van der Waals surface area contributed by atoms with Crippen molar-refractivity contribution in [3.63, 3.8) is 0 Å². The SMILES string of the molecule is COC(=O)CC[C@@H](C)[C@H]1CCC2C3CCC4C[C@@H](NCCNCCNCCNCCN)CC[C@]4(C)C3C[C@H](O)[C@@]21C. The summed E-state index contributed by atoms with van der Waals surface area (Å²) in [7, 11) is 1.48. The van der Waals surface area contributed by atoms with Crippen LogP contribution in [-0.4, -0.2) is 82.7 Å². The maximum absolute atomic E-state index is 11.8. The van der Waals surface area contributed by atoms with Gasteiger partial charge in [0, 0.05) is 64.8 Å². The second-order valence-corrected chi connectivity index (χ2v) is 14.5. The van der Waals surface area contributed by atoms with Crippen LogP contribution in [0.3, 0.4) is 0 Å². The first kappa shape index (κ1) is 33.1. The number of methoxy groups -OCH3 is 1. The van der Waals surface area contributed by atoms with Crippen LogP contribution in [0, 0.1) is 46.3 Å². The van der Waals surface area contributed by atoms with Gasteiger partial charge in [0.05, 0.1) is 13.2 Å². The van der Waals surface area contributed by atoms with Gasteiger partial charge in [-0.15, -0.1) is 0 Å². The first-order valence-corrected chi connectivity index (χ1v) is 17.1. The summed E-state index contributed by atoms with van der Waals surface area (Å²) in [5.41, 5.74) is 5.84. The highest BCUT2D eigenvalue weighted by Gasteiger charge is 2.63. The van der Waals surface area contributed by atoms with E-state index >= 15 is 0 Å². The van der Waals surface area contributed by atoms with E-state index in [2.05, 4.69) is 42.0 Å². The van der Waals surface area contributed by atoms with Crippen LogP contribution >= 0.6 is 0 Å². The molecule has 4 unspecified atom stereocenters. The van der Waals surface area contributed by atoms with E-state index in [4.69, 9.17) is 10.5 Å². The Bertz CT molecular complexity index is 816. The molecule has 0 spiro atoms. The Morgan fingerprint density at radius 2 is 1.61 bits per heavy atom. The molecule has 8 nitrogen and oxygen atoms in total. The quantitative estimate of drug-likeness (QED) is 0.122. The molecule has 0 radical (unpaired) electrons. The van der Waals surface area contributed by atoms with Gasteiger partial charge < -0.3 is 36.8 Å². The minimum atomic E-state index is -0.226. The van der Waals surface area contributed by atoms with Gasteiger partial charge in [0.15, 0.2) is 0 Å². The minimum absolute atomic E-state index is 0.0114. The Morgan fingerprint density at radius 3 is 2.29 bits per heavy atom. The number of carbonyl (C=O) groups excluding carboxylic acids is 1. The summed E-state index contributed by atoms with van der Waals surface area (Å²) < 4.78 is 4.91. The zero-order chi connectivity index (χ0) is 29.5. The normalized spacial score (nSPS) is 39.0. The van der Waals surface area contributed by atoms with Crippen LogP contribution in [-0.2, 0) is 9.53 Å². The topological polar surface area (TPSA) is 121 Å². The smallest absolute Gasteiger partial charge is 0.305 e. The van der Waals surface area contributed by atoms with Crippen LogP contribution in [0.1, 0.15) is 85.0 Å². The second kappa shape index (κ2) is 15.3. The largest absolute Gasteiger partial charge is 0.469 e. The van der Waals surface area contributed by atoms with Crippen molar-refractivity contribution >= 4 is 5.97 Å². The zero-order valence-corrected chi connectivity index (χ0v) is 26.7. The molecule has 0 aromatic carbocycles. The lowest BCUT2D eigenvalue weighted by atomic mass is 9.43. The standard InChI is InChI=1S/C33H63N5O3/c1-23(5-10-31(40)41-4)27-8-9-28-26-7-6-24-21-25(38-20-19-37-18-17-36-16-15-35-14-13-34)11-12-32(24,2)29(26)22-30(39)33(27,28)3/h23-30,35-39H,5-22,34H2,1-4H3/t23-,24?,25+,26?,27-,28?,29?,30+,32+,33-/m1/s1. The lowest BCUT2D eigenvalue weighted by molar-refractivity contribution is -0.170. The third-order valence-corrected chi connectivity index (χ3v) is 12.6. The van der Waals surface area contributed by atoms with Gasteiger partial charge in [-0.3, -0.25) is 4.79 Å². The average molecular weight is 578 g/mol. The highest BCUT2D eigenvalue weighted by molar-refractivity contribution is 5.69. The maximum Gasteiger partial charge on any atom is 0.305 e. The number of hydrogen-bond donors (Lipinski definition) is 6. The van der Waals surface area contributed by atoms with E-state index in [1.807, 2.05) is 0 Å². The number of ether oxygens (including phenoxy) is 1. The van der Waals surface area contributed by atoms with Gasteiger partial charge in [-0.1, -0.05) is 20.8 Å². The third-order valence-electron chi connectivity index (χ3n) is 12.6. The molecule has 4 fully saturated rings. The minimum Gasteiger partial charge on any atom is -0.469 e. The van der Waals surface area contributed by atoms with Gasteiger partial charge in [0.25, 0.3) is 0 Å². The molecule has 8 heteroatoms. The van der Waals surface area contributed by atoms with E-state index in [-0.39, 0.29) is 17.5 Å². The van der Waals surface area contributed by atoms with Crippen molar-refractivity contribution in [1.82, 2.24) is 21.3 Å². The van der Waals surface area contributed by atoms with Crippen molar-refractivity contribution in [2.24, 2.45) is 52.1 Å². The number of fused-ring (bicyclic) bond motifs is 5. The molecule has 0 aromatic heterocycles. The monoisotopic (exact) mass is 577 g/mol. The Kier molecular flexibility index (Phi) is 12.4. The molecule has 10 atom stereocenters. The second-order valence-electron chi connectivity index (χ2n) is 14.5. The Morgan fingerprint density at radius 1 is 0.927 bits per heavy atom. The number of esters is 1. The van der Waals surface area contributed by atoms with Gasteiger partial charge in [0.1, 0.15) is 0 Å². The number of nitrogens with one attached hydrogen (secondary N) is 4. The summed E-state index contributed by atoms with van der Waals surface area (Å²) in [5.74, 6) is 3.63. The van der Waals surface area contributed by atoms with Crippen LogP contribution in [0.2, 0.25) is 0 Å². The summed E-state index contributed by atoms with van der Waals surface area (Å²) in [5, 5.41) is 26.0. The molecule has 7 N–H and O–H groups in total. The van der Waals surface area contributed by atoms with E-state index in [1.165, 1.54) is 52.1 Å². The molecule has 0 aliphatic heterocycles. The van der Waals surface area contributed by atoms with Crippen molar-refractivity contribution in [2.75, 3.05) is 59.5 Å². The van der Waals surface area contributed by atoms with Crippen molar-refractivity contribution in [2.45, 2.75) is 97.1 Å². The number of rotatable bonds is 16. The number of aliphatic hydroxyl groups is 1. The molecular formula is C33H63N5O3. The summed E-state index contributed by atoms with van der Waals surface area (Å²) in [6.45, 7) is 14.9. The van der Waals surface area contributed by atoms with Crippen LogP contribution in [0.25, 0.3) is 0 Å². The molecule has 0 amide bonds. The first-order valence-electron chi connectivity index (χ1n) is 17.1. The highest BCUT2D eigenvalue weighted by atomic mass is 16.5. The number of carbonyl (C=O) groups is 1. The van der Waals surface area contributed by atoms with Gasteiger partial charge >= 0.3 is 5.97 Å². The fourth-order valence-electron chi connectivity index (χ4n) is 10.2. The van der Waals surface area contributed by atoms with Crippen LogP contribution in [0.5, 0.6) is 0 Å². The average Bonchev–Trinajstić information content (AvgIpc) is 3.33. The Labute approximate surface area is 250 Å². The zero-order valence-electron chi connectivity index (χ0n) is 26.7. The van der Waals surface area contributed by atoms with Crippen molar-refractivity contribution in [1.29, 1.82) is 0 Å². The van der Waals surface area contributed by atoms with Gasteiger partial charge in [-0.2, -0.15) is 0 Å². The Hall–Kier alpha value is -0.770. The van der Waals surface area contributed by atoms with Crippen molar-refractivity contribution in [3.8, 4) is 0 Å². The molecular weight excluding hydrogens is 514 g/mol. The number of nitrogens with two attached hydrogens (primary N) is 1. The Balaban J connectivity index is 1.22. The lowest BCUT2D eigenvalue weighted by Gasteiger charge is -2.62. The molecule has 4 saturated carbocycles. The summed E-state index contributed by atoms with van der Waals surface area (Å²) in [6.07, 6.45) is 11.1. The summed E-state index contributed by atoms with van der Waals surface area (Å²) in [6, 6.07) is 0.628. The molecule has 41 heavy (non-hydrogen) atoms. The van der Waals surface area contributed by atoms with Crippen LogP contribution < -0.4 is 27.0 Å². The summed E-state index contributed by atoms with van der Waals surface area (Å²) in [4.78, 5) is 11.8. The van der Waals surface area contributed by atoms with E-state index in [0.717, 1.165) is 70.5 Å². The fourth-order valence-corrected chi connectivity index (χ4v) is 10.2. The molecule has 0 aromatic rings. The number of hydrogen-bond acceptors (Lipinski definition) is 8. The maximum atomic E-state index is 11.8. The molecule has 0 bridgehead atoms. The molecule has 0 saturated heterocycles. The van der Waals surface area contributed by atoms with E-state index in [9.17, 15) is 9.90 Å². The molecule has 0 heterocycles. The van der Waals surface area contributed by atoms with E-state index < -0.39 is 0 Å². The molecule has 4 aliphatic rings. The molecule has 4 rings (SSSR count). The van der Waals surface area contributed by atoms with E-state index in [1.54, 1.807) is 0 Å². The molecule has 238 valence electrons. The van der Waals surface area contributed by atoms with Crippen molar-refractivity contribution < 1.29 is 14.6 Å². The lowest BCUT2D eigenvalue weighted by Crippen LogP contribution is -2.59. The summed E-state index contributed by atoms with van der Waals surface area (Å²) >= 11 is 0. The van der Waals surface area contributed by atoms with Crippen molar-refractivity contribution in [3.05, 3.63) is 0 Å². The van der Waals surface area contributed by atoms with Gasteiger partial charge in [0.2, 0.25) is 0 Å². The predicted molar refractivity (Wildman–Crippen MR) is 166 cm³/mol. The van der Waals surface area contributed by atoms with Gasteiger partial charge in [-0.05, 0) is 104 Å². The van der Waals surface area contributed by atoms with Crippen LogP contribution in [0.4, 0.5) is 0 Å².